The van der Waals surface area contributed by atoms with E-state index in [2.05, 4.69) is 0 Å². The fourth-order valence-electron chi connectivity index (χ4n) is 3.78. The van der Waals surface area contributed by atoms with Gasteiger partial charge in [0.1, 0.15) is 35.8 Å². The third-order valence-corrected chi connectivity index (χ3v) is 6.58. The molecule has 0 amide bonds. The first kappa shape index (κ1) is 15.7. The molecule has 3 fully saturated rings. The molecule has 3 aliphatic heterocycles. The molecule has 5 atom stereocenters. The van der Waals surface area contributed by atoms with Crippen LogP contribution >= 0.6 is 0 Å². The number of hydrogen-bond donors (Lipinski definition) is 0. The molecular formula is C13H18O8S. The first-order valence-electron chi connectivity index (χ1n) is 7.02. The van der Waals surface area contributed by atoms with Crippen LogP contribution in [0.2, 0.25) is 0 Å². The minimum Gasteiger partial charge on any atom is -0.463 e. The van der Waals surface area contributed by atoms with Crippen LogP contribution in [0, 0.1) is 5.92 Å². The molecule has 0 saturated carbocycles. The molecule has 0 aromatic heterocycles. The highest BCUT2D eigenvalue weighted by atomic mass is 32.2. The van der Waals surface area contributed by atoms with Crippen LogP contribution in [0.4, 0.5) is 0 Å². The molecular weight excluding hydrogens is 316 g/mol. The Bertz CT molecular complexity index is 628. The molecule has 0 aromatic carbocycles. The Kier molecular flexibility index (Phi) is 3.32. The van der Waals surface area contributed by atoms with Crippen molar-refractivity contribution in [1.29, 1.82) is 0 Å². The van der Waals surface area contributed by atoms with Crippen molar-refractivity contribution in [1.82, 2.24) is 0 Å². The summed E-state index contributed by atoms with van der Waals surface area (Å²) in [5.41, 5.74) is -2.14. The van der Waals surface area contributed by atoms with Gasteiger partial charge in [0, 0.05) is 26.2 Å². The Balaban J connectivity index is 1.94. The van der Waals surface area contributed by atoms with E-state index in [4.69, 9.17) is 18.4 Å². The van der Waals surface area contributed by atoms with E-state index in [1.54, 1.807) is 6.92 Å². The highest BCUT2D eigenvalue weighted by Crippen LogP contribution is 2.62. The largest absolute Gasteiger partial charge is 0.463 e. The quantitative estimate of drug-likeness (QED) is 0.512. The van der Waals surface area contributed by atoms with Crippen molar-refractivity contribution in [3.63, 3.8) is 0 Å². The van der Waals surface area contributed by atoms with Crippen LogP contribution in [0.3, 0.4) is 0 Å². The second kappa shape index (κ2) is 4.65. The Morgan fingerprint density at radius 3 is 2.36 bits per heavy atom. The van der Waals surface area contributed by atoms with E-state index >= 15 is 0 Å². The van der Waals surface area contributed by atoms with Gasteiger partial charge in [0.15, 0.2) is 0 Å². The van der Waals surface area contributed by atoms with Gasteiger partial charge in [0.2, 0.25) is 0 Å². The molecule has 0 aliphatic carbocycles. The van der Waals surface area contributed by atoms with Gasteiger partial charge in [0.25, 0.3) is 10.1 Å². The molecule has 3 aliphatic rings. The molecule has 8 nitrogen and oxygen atoms in total. The summed E-state index contributed by atoms with van der Waals surface area (Å²) in [6, 6.07) is 0. The second-order valence-electron chi connectivity index (χ2n) is 6.17. The molecule has 0 aromatic rings. The van der Waals surface area contributed by atoms with Crippen LogP contribution in [-0.4, -0.2) is 56.1 Å². The van der Waals surface area contributed by atoms with Crippen molar-refractivity contribution in [2.75, 3.05) is 13.2 Å². The molecule has 0 N–H and O–H groups in total. The van der Waals surface area contributed by atoms with Gasteiger partial charge in [-0.1, -0.05) is 6.92 Å². The van der Waals surface area contributed by atoms with Crippen molar-refractivity contribution in [2.45, 2.75) is 49.7 Å². The topological polar surface area (TPSA) is 105 Å². The molecule has 0 radical (unpaired) electrons. The molecule has 3 saturated heterocycles. The lowest BCUT2D eigenvalue weighted by Crippen LogP contribution is -2.51. The van der Waals surface area contributed by atoms with Crippen LogP contribution in [0.25, 0.3) is 0 Å². The first-order chi connectivity index (χ1) is 10.1. The highest BCUT2D eigenvalue weighted by molar-refractivity contribution is 7.87. The lowest BCUT2D eigenvalue weighted by atomic mass is 9.73. The number of carbonyl (C=O) groups is 2. The Morgan fingerprint density at radius 2 is 1.77 bits per heavy atom. The van der Waals surface area contributed by atoms with E-state index in [1.165, 1.54) is 13.8 Å². The van der Waals surface area contributed by atoms with Crippen LogP contribution in [0.5, 0.6) is 0 Å². The van der Waals surface area contributed by atoms with Crippen LogP contribution < -0.4 is 0 Å². The summed E-state index contributed by atoms with van der Waals surface area (Å²) >= 11 is 0. The fourth-order valence-corrected chi connectivity index (χ4v) is 5.75. The summed E-state index contributed by atoms with van der Waals surface area (Å²) in [5.74, 6) is -1.30. The minimum atomic E-state index is -3.80. The van der Waals surface area contributed by atoms with E-state index in [-0.39, 0.29) is 25.6 Å². The molecule has 2 bridgehead atoms. The van der Waals surface area contributed by atoms with Crippen LogP contribution in [-0.2, 0) is 38.1 Å². The van der Waals surface area contributed by atoms with Crippen molar-refractivity contribution in [3.8, 4) is 0 Å². The summed E-state index contributed by atoms with van der Waals surface area (Å²) in [6.07, 6.45) is -0.590. The van der Waals surface area contributed by atoms with E-state index in [0.29, 0.717) is 0 Å². The van der Waals surface area contributed by atoms with Gasteiger partial charge in [-0.25, -0.2) is 0 Å². The maximum Gasteiger partial charge on any atom is 0.302 e. The maximum atomic E-state index is 12.2. The highest BCUT2D eigenvalue weighted by Gasteiger charge is 2.79. The summed E-state index contributed by atoms with van der Waals surface area (Å²) in [6.45, 7) is 4.08. The van der Waals surface area contributed by atoms with Gasteiger partial charge in [-0.15, -0.1) is 0 Å². The average molecular weight is 334 g/mol. The molecule has 9 heteroatoms. The Hall–Kier alpha value is -1.19. The van der Waals surface area contributed by atoms with Crippen LogP contribution in [0.15, 0.2) is 0 Å². The lowest BCUT2D eigenvalue weighted by Gasteiger charge is -2.31. The SMILES string of the molecule is CC(=O)OCC12CC3C(COC(C)=O)(O1)C(OS3(=O)=O)C2C. The summed E-state index contributed by atoms with van der Waals surface area (Å²) in [5, 5.41) is -0.920. The van der Waals surface area contributed by atoms with Gasteiger partial charge in [-0.3, -0.25) is 13.8 Å². The van der Waals surface area contributed by atoms with Crippen molar-refractivity contribution in [2.24, 2.45) is 5.92 Å². The summed E-state index contributed by atoms with van der Waals surface area (Å²) in [7, 11) is -3.80. The third kappa shape index (κ3) is 1.99. The van der Waals surface area contributed by atoms with Gasteiger partial charge in [-0.05, 0) is 0 Å². The molecule has 3 heterocycles. The van der Waals surface area contributed by atoms with E-state index in [9.17, 15) is 18.0 Å². The van der Waals surface area contributed by atoms with E-state index in [0.717, 1.165) is 0 Å². The Morgan fingerprint density at radius 1 is 1.18 bits per heavy atom. The first-order valence-corrected chi connectivity index (χ1v) is 8.49. The molecule has 3 rings (SSSR count). The predicted molar refractivity (Wildman–Crippen MR) is 71.2 cm³/mol. The third-order valence-electron chi connectivity index (χ3n) is 4.84. The van der Waals surface area contributed by atoms with Crippen molar-refractivity contribution < 1.29 is 36.4 Å². The predicted octanol–water partition coefficient (Wildman–Crippen LogP) is -0.243. The zero-order valence-corrected chi connectivity index (χ0v) is 13.3. The van der Waals surface area contributed by atoms with E-state index in [1.807, 2.05) is 0 Å². The fraction of sp³-hybridized carbons (Fsp3) is 0.846. The van der Waals surface area contributed by atoms with Crippen molar-refractivity contribution in [3.05, 3.63) is 0 Å². The number of fused-ring (bicyclic) bond motifs is 1. The smallest absolute Gasteiger partial charge is 0.302 e. The average Bonchev–Trinajstić information content (AvgIpc) is 2.91. The minimum absolute atomic E-state index is 0.0444. The van der Waals surface area contributed by atoms with Gasteiger partial charge in [-0.2, -0.15) is 8.42 Å². The number of hydrogen-bond acceptors (Lipinski definition) is 8. The number of rotatable bonds is 4. The molecule has 5 unspecified atom stereocenters. The van der Waals surface area contributed by atoms with Gasteiger partial charge >= 0.3 is 11.9 Å². The van der Waals surface area contributed by atoms with Gasteiger partial charge in [0.05, 0.1) is 0 Å². The van der Waals surface area contributed by atoms with E-state index < -0.39 is 44.6 Å². The number of carbonyl (C=O) groups excluding carboxylic acids is 2. The molecule has 22 heavy (non-hydrogen) atoms. The maximum absolute atomic E-state index is 12.2. The summed E-state index contributed by atoms with van der Waals surface area (Å²) < 4.78 is 45.7. The zero-order valence-electron chi connectivity index (χ0n) is 12.5. The molecule has 124 valence electrons. The monoisotopic (exact) mass is 334 g/mol. The lowest BCUT2D eigenvalue weighted by molar-refractivity contribution is -0.161. The van der Waals surface area contributed by atoms with Crippen LogP contribution in [0.1, 0.15) is 27.2 Å². The normalized spacial score (nSPS) is 44.0. The second-order valence-corrected chi connectivity index (χ2v) is 7.92. The Labute approximate surface area is 128 Å². The standard InChI is InChI=1S/C13H18O8S/c1-7-11-13(6-19-9(3)15)10(22(16,17)20-11)4-12(7,21-13)5-18-8(2)14/h7,10-11H,4-6H2,1-3H3. The summed E-state index contributed by atoms with van der Waals surface area (Å²) in [4.78, 5) is 22.2. The zero-order chi connectivity index (χ0) is 16.3. The molecule has 0 spiro atoms. The number of ether oxygens (including phenoxy) is 3. The number of esters is 2. The van der Waals surface area contributed by atoms with Gasteiger partial charge < -0.3 is 14.2 Å². The van der Waals surface area contributed by atoms with Crippen molar-refractivity contribution >= 4 is 22.1 Å².